The molecule has 0 aliphatic carbocycles. The van der Waals surface area contributed by atoms with Crippen LogP contribution in [0, 0.1) is 20.2 Å². The quantitative estimate of drug-likeness (QED) is 0.643. The molecule has 1 aromatic carbocycles. The molecule has 0 bridgehead atoms. The standard InChI is InChI=1S/C10H12N2O5/c1-3-6(2)7-4-8(11(14)15)10(12(16)17)9(13)5-7/h4-6,13H,3H2,1-2H3. The molecule has 17 heavy (non-hydrogen) atoms. The van der Waals surface area contributed by atoms with Crippen molar-refractivity contribution in [2.75, 3.05) is 0 Å². The summed E-state index contributed by atoms with van der Waals surface area (Å²) in [6, 6.07) is 2.35. The van der Waals surface area contributed by atoms with Gasteiger partial charge in [-0.3, -0.25) is 20.2 Å². The molecule has 1 aromatic rings. The summed E-state index contributed by atoms with van der Waals surface area (Å²) in [5.74, 6) is -0.681. The van der Waals surface area contributed by atoms with E-state index < -0.39 is 27.0 Å². The molecule has 7 nitrogen and oxygen atoms in total. The van der Waals surface area contributed by atoms with E-state index in [0.29, 0.717) is 12.0 Å². The number of rotatable bonds is 4. The molecular formula is C10H12N2O5. The summed E-state index contributed by atoms with van der Waals surface area (Å²) in [6.07, 6.45) is 0.717. The van der Waals surface area contributed by atoms with Gasteiger partial charge in [0.15, 0.2) is 0 Å². The third kappa shape index (κ3) is 2.49. The first-order valence-corrected chi connectivity index (χ1v) is 5.04. The molecule has 0 amide bonds. The maximum Gasteiger partial charge on any atom is 0.387 e. The van der Waals surface area contributed by atoms with Gasteiger partial charge in [-0.25, -0.2) is 0 Å². The van der Waals surface area contributed by atoms with Gasteiger partial charge in [0.1, 0.15) is 0 Å². The van der Waals surface area contributed by atoms with Crippen molar-refractivity contribution in [1.82, 2.24) is 0 Å². The number of benzene rings is 1. The van der Waals surface area contributed by atoms with E-state index in [1.165, 1.54) is 6.07 Å². The minimum absolute atomic E-state index is 0.0135. The Morgan fingerprint density at radius 3 is 2.29 bits per heavy atom. The number of hydrogen-bond acceptors (Lipinski definition) is 5. The molecule has 1 unspecified atom stereocenters. The number of phenolic OH excluding ortho intramolecular Hbond substituents is 1. The van der Waals surface area contributed by atoms with E-state index in [1.54, 1.807) is 0 Å². The summed E-state index contributed by atoms with van der Waals surface area (Å²) >= 11 is 0. The fourth-order valence-electron chi connectivity index (χ4n) is 1.47. The van der Waals surface area contributed by atoms with Gasteiger partial charge in [-0.1, -0.05) is 13.8 Å². The molecule has 7 heteroatoms. The smallest absolute Gasteiger partial charge is 0.387 e. The molecule has 0 aliphatic rings. The molecule has 0 heterocycles. The minimum atomic E-state index is -0.951. The molecule has 1 N–H and O–H groups in total. The first-order valence-electron chi connectivity index (χ1n) is 5.04. The van der Waals surface area contributed by atoms with Crippen LogP contribution in [0.3, 0.4) is 0 Å². The molecule has 0 saturated heterocycles. The van der Waals surface area contributed by atoms with Crippen LogP contribution in [0.1, 0.15) is 31.7 Å². The zero-order valence-corrected chi connectivity index (χ0v) is 9.41. The summed E-state index contributed by atoms with van der Waals surface area (Å²) in [5.41, 5.74) is -1.02. The van der Waals surface area contributed by atoms with Crippen LogP contribution in [0.5, 0.6) is 5.75 Å². The first kappa shape index (κ1) is 12.9. The highest BCUT2D eigenvalue weighted by molar-refractivity contribution is 5.63. The maximum absolute atomic E-state index is 10.7. The zero-order chi connectivity index (χ0) is 13.2. The Morgan fingerprint density at radius 1 is 1.29 bits per heavy atom. The molecular weight excluding hydrogens is 228 g/mol. The second kappa shape index (κ2) is 4.77. The van der Waals surface area contributed by atoms with Gasteiger partial charge in [-0.05, 0) is 24.0 Å². The topological polar surface area (TPSA) is 107 Å². The van der Waals surface area contributed by atoms with Gasteiger partial charge in [0, 0.05) is 6.07 Å². The highest BCUT2D eigenvalue weighted by atomic mass is 16.6. The van der Waals surface area contributed by atoms with Crippen LogP contribution in [0.4, 0.5) is 11.4 Å². The lowest BCUT2D eigenvalue weighted by atomic mass is 9.97. The molecule has 0 saturated carbocycles. The average Bonchev–Trinajstić information content (AvgIpc) is 2.26. The van der Waals surface area contributed by atoms with Gasteiger partial charge in [-0.2, -0.15) is 0 Å². The summed E-state index contributed by atoms with van der Waals surface area (Å²) in [6.45, 7) is 3.71. The predicted octanol–water partition coefficient (Wildman–Crippen LogP) is 2.72. The Balaban J connectivity index is 3.46. The Kier molecular flexibility index (Phi) is 3.62. The van der Waals surface area contributed by atoms with Crippen LogP contribution in [-0.2, 0) is 0 Å². The lowest BCUT2D eigenvalue weighted by molar-refractivity contribution is -0.423. The van der Waals surface area contributed by atoms with Crippen molar-refractivity contribution < 1.29 is 15.0 Å². The van der Waals surface area contributed by atoms with Crippen LogP contribution < -0.4 is 0 Å². The van der Waals surface area contributed by atoms with Gasteiger partial charge >= 0.3 is 11.4 Å². The van der Waals surface area contributed by atoms with Crippen molar-refractivity contribution in [3.63, 3.8) is 0 Å². The summed E-state index contributed by atoms with van der Waals surface area (Å²) in [5, 5.41) is 30.9. The summed E-state index contributed by atoms with van der Waals surface area (Å²) < 4.78 is 0. The van der Waals surface area contributed by atoms with Crippen molar-refractivity contribution in [3.8, 4) is 5.75 Å². The number of nitrogens with zero attached hydrogens (tertiary/aromatic N) is 2. The highest BCUT2D eigenvalue weighted by Gasteiger charge is 2.30. The van der Waals surface area contributed by atoms with E-state index in [0.717, 1.165) is 6.07 Å². The molecule has 0 aromatic heterocycles. The Morgan fingerprint density at radius 2 is 1.88 bits per heavy atom. The van der Waals surface area contributed by atoms with Crippen molar-refractivity contribution in [2.24, 2.45) is 0 Å². The zero-order valence-electron chi connectivity index (χ0n) is 9.41. The van der Waals surface area contributed by atoms with Crippen LogP contribution in [0.15, 0.2) is 12.1 Å². The first-order chi connectivity index (χ1) is 7.88. The van der Waals surface area contributed by atoms with E-state index in [4.69, 9.17) is 0 Å². The third-order valence-corrected chi connectivity index (χ3v) is 2.65. The molecule has 0 spiro atoms. The fraction of sp³-hybridized carbons (Fsp3) is 0.400. The number of nitro groups is 2. The van der Waals surface area contributed by atoms with E-state index >= 15 is 0 Å². The van der Waals surface area contributed by atoms with Crippen LogP contribution in [0.25, 0.3) is 0 Å². The maximum atomic E-state index is 10.7. The largest absolute Gasteiger partial charge is 0.502 e. The van der Waals surface area contributed by atoms with Crippen LogP contribution in [0.2, 0.25) is 0 Å². The van der Waals surface area contributed by atoms with E-state index in [9.17, 15) is 25.3 Å². The Bertz CT molecular complexity index is 472. The molecule has 0 radical (unpaired) electrons. The van der Waals surface area contributed by atoms with Crippen molar-refractivity contribution in [3.05, 3.63) is 37.9 Å². The molecule has 0 aliphatic heterocycles. The highest BCUT2D eigenvalue weighted by Crippen LogP contribution is 2.39. The van der Waals surface area contributed by atoms with Crippen LogP contribution >= 0.6 is 0 Å². The van der Waals surface area contributed by atoms with Gasteiger partial charge in [0.05, 0.1) is 9.85 Å². The van der Waals surface area contributed by atoms with Gasteiger partial charge in [-0.15, -0.1) is 0 Å². The molecule has 1 rings (SSSR count). The third-order valence-electron chi connectivity index (χ3n) is 2.65. The minimum Gasteiger partial charge on any atom is -0.502 e. The van der Waals surface area contributed by atoms with Gasteiger partial charge < -0.3 is 5.11 Å². The molecule has 0 fully saturated rings. The van der Waals surface area contributed by atoms with Crippen LogP contribution in [-0.4, -0.2) is 15.0 Å². The molecule has 1 atom stereocenters. The SMILES string of the molecule is CCC(C)c1cc(O)c([N+](=O)[O-])c([N+](=O)[O-])c1. The van der Waals surface area contributed by atoms with Crippen molar-refractivity contribution in [1.29, 1.82) is 0 Å². The summed E-state index contributed by atoms with van der Waals surface area (Å²) in [7, 11) is 0. The average molecular weight is 240 g/mol. The van der Waals surface area contributed by atoms with Crippen molar-refractivity contribution in [2.45, 2.75) is 26.2 Å². The lowest BCUT2D eigenvalue weighted by Gasteiger charge is -2.09. The number of hydrogen-bond donors (Lipinski definition) is 1. The second-order valence-electron chi connectivity index (χ2n) is 3.73. The van der Waals surface area contributed by atoms with E-state index in [2.05, 4.69) is 0 Å². The van der Waals surface area contributed by atoms with E-state index in [1.807, 2.05) is 13.8 Å². The molecule has 92 valence electrons. The lowest BCUT2D eigenvalue weighted by Crippen LogP contribution is -2.00. The second-order valence-corrected chi connectivity index (χ2v) is 3.73. The van der Waals surface area contributed by atoms with Gasteiger partial charge in [0.25, 0.3) is 0 Å². The number of phenols is 1. The van der Waals surface area contributed by atoms with E-state index in [-0.39, 0.29) is 5.92 Å². The summed E-state index contributed by atoms with van der Waals surface area (Å²) in [4.78, 5) is 19.6. The fourth-order valence-corrected chi connectivity index (χ4v) is 1.47. The monoisotopic (exact) mass is 240 g/mol. The van der Waals surface area contributed by atoms with Crippen molar-refractivity contribution >= 4 is 11.4 Å². The normalized spacial score (nSPS) is 12.1. The predicted molar refractivity (Wildman–Crippen MR) is 60.1 cm³/mol. The Labute approximate surface area is 97.0 Å². The van der Waals surface area contributed by atoms with Gasteiger partial charge in [0.2, 0.25) is 5.75 Å². The number of aromatic hydroxyl groups is 1. The number of nitro benzene ring substituents is 2. The Hall–Kier alpha value is -2.18.